The quantitative estimate of drug-likeness (QED) is 0.593. The van der Waals surface area contributed by atoms with Gasteiger partial charge in [0.05, 0.1) is 11.3 Å². The van der Waals surface area contributed by atoms with Crippen molar-refractivity contribution in [3.63, 3.8) is 0 Å². The highest BCUT2D eigenvalue weighted by molar-refractivity contribution is 6.45. The first-order chi connectivity index (χ1) is 15.0. The Balaban J connectivity index is 1.63. The molecule has 0 aliphatic carbocycles. The maximum atomic E-state index is 13.7. The Morgan fingerprint density at radius 2 is 1.48 bits per heavy atom. The zero-order valence-corrected chi connectivity index (χ0v) is 17.8. The fourth-order valence-electron chi connectivity index (χ4n) is 4.48. The van der Waals surface area contributed by atoms with Crippen molar-refractivity contribution >= 4 is 23.1 Å². The summed E-state index contributed by atoms with van der Waals surface area (Å²) in [5.74, 6) is -0.501. The lowest BCUT2D eigenvalue weighted by atomic mass is 9.97. The van der Waals surface area contributed by atoms with Gasteiger partial charge in [0.2, 0.25) is 0 Å². The third-order valence-electron chi connectivity index (χ3n) is 6.11. The molecule has 0 atom stereocenters. The van der Waals surface area contributed by atoms with Crippen LogP contribution in [0.4, 0.5) is 5.69 Å². The average Bonchev–Trinajstić information content (AvgIpc) is 3.04. The van der Waals surface area contributed by atoms with Crippen molar-refractivity contribution in [2.45, 2.75) is 26.8 Å². The molecular weight excluding hydrogens is 384 g/mol. The first kappa shape index (κ1) is 19.3. The maximum absolute atomic E-state index is 13.7. The molecule has 31 heavy (non-hydrogen) atoms. The summed E-state index contributed by atoms with van der Waals surface area (Å²) in [6.07, 6.45) is 0.854. The number of carbonyl (C=O) groups excluding carboxylic acids is 2. The van der Waals surface area contributed by atoms with Crippen LogP contribution in [0.1, 0.15) is 27.8 Å². The van der Waals surface area contributed by atoms with Gasteiger partial charge < -0.3 is 4.90 Å². The third kappa shape index (κ3) is 3.34. The monoisotopic (exact) mass is 408 g/mol. The lowest BCUT2D eigenvalue weighted by Crippen LogP contribution is -2.37. The second-order valence-electron chi connectivity index (χ2n) is 8.31. The summed E-state index contributed by atoms with van der Waals surface area (Å²) in [4.78, 5) is 30.7. The molecule has 5 rings (SSSR count). The molecular formula is C27H24N2O2. The lowest BCUT2D eigenvalue weighted by Gasteiger charge is -2.31. The van der Waals surface area contributed by atoms with E-state index in [-0.39, 0.29) is 11.8 Å². The van der Waals surface area contributed by atoms with E-state index >= 15 is 0 Å². The van der Waals surface area contributed by atoms with E-state index in [1.807, 2.05) is 68.4 Å². The highest BCUT2D eigenvalue weighted by Crippen LogP contribution is 2.37. The molecule has 2 aliphatic rings. The number of carbonyl (C=O) groups is 2. The topological polar surface area (TPSA) is 40.6 Å². The normalized spacial score (nSPS) is 16.2. The van der Waals surface area contributed by atoms with Crippen molar-refractivity contribution in [1.29, 1.82) is 0 Å². The van der Waals surface area contributed by atoms with Crippen LogP contribution in [0.2, 0.25) is 0 Å². The smallest absolute Gasteiger partial charge is 0.282 e. The summed E-state index contributed by atoms with van der Waals surface area (Å²) < 4.78 is 0. The van der Waals surface area contributed by atoms with Crippen LogP contribution >= 0.6 is 0 Å². The van der Waals surface area contributed by atoms with Gasteiger partial charge in [0.15, 0.2) is 0 Å². The molecule has 4 heteroatoms. The molecule has 0 radical (unpaired) electrons. The number of rotatable bonds is 3. The number of amides is 2. The predicted octanol–water partition coefficient (Wildman–Crippen LogP) is 4.65. The van der Waals surface area contributed by atoms with Crippen LogP contribution in [0.3, 0.4) is 0 Å². The van der Waals surface area contributed by atoms with Crippen molar-refractivity contribution in [3.05, 3.63) is 106 Å². The van der Waals surface area contributed by atoms with Crippen LogP contribution in [0.15, 0.2) is 78.5 Å². The maximum Gasteiger partial charge on any atom is 0.282 e. The van der Waals surface area contributed by atoms with E-state index in [0.29, 0.717) is 30.0 Å². The molecule has 3 aromatic carbocycles. The Hall–Kier alpha value is -3.66. The molecule has 154 valence electrons. The fourth-order valence-corrected chi connectivity index (χ4v) is 4.48. The minimum Gasteiger partial charge on any atom is -0.362 e. The molecule has 0 saturated carbocycles. The lowest BCUT2D eigenvalue weighted by molar-refractivity contribution is -0.120. The molecule has 0 bridgehead atoms. The fraction of sp³-hybridized carbons (Fsp3) is 0.185. The highest BCUT2D eigenvalue weighted by atomic mass is 16.2. The van der Waals surface area contributed by atoms with Crippen molar-refractivity contribution in [1.82, 2.24) is 4.90 Å². The van der Waals surface area contributed by atoms with Crippen molar-refractivity contribution in [2.75, 3.05) is 11.4 Å². The van der Waals surface area contributed by atoms with E-state index in [0.717, 1.165) is 23.1 Å². The Morgan fingerprint density at radius 1 is 0.742 bits per heavy atom. The van der Waals surface area contributed by atoms with Crippen LogP contribution in [0.25, 0.3) is 5.57 Å². The Bertz CT molecular complexity index is 1220. The summed E-state index contributed by atoms with van der Waals surface area (Å²) in [5, 5.41) is 0. The molecule has 0 unspecified atom stereocenters. The summed E-state index contributed by atoms with van der Waals surface area (Å²) in [5.41, 5.74) is 7.04. The Kier molecular flexibility index (Phi) is 4.70. The number of aryl methyl sites for hydroxylation is 2. The second-order valence-corrected chi connectivity index (χ2v) is 8.31. The molecule has 2 heterocycles. The zero-order valence-electron chi connectivity index (χ0n) is 17.8. The van der Waals surface area contributed by atoms with Gasteiger partial charge in [-0.3, -0.25) is 9.59 Å². The standard InChI is InChI=1S/C27H24N2O2/c1-18-10-12-21(13-11-18)24-25(28-15-14-20-7-3-4-8-22(20)17-28)27(31)29(26(24)30)23-9-5-6-19(2)16-23/h3-13,16H,14-15,17H2,1-2H3. The van der Waals surface area contributed by atoms with Gasteiger partial charge in [0, 0.05) is 13.1 Å². The molecule has 0 spiro atoms. The van der Waals surface area contributed by atoms with E-state index in [1.54, 1.807) is 0 Å². The van der Waals surface area contributed by atoms with Crippen LogP contribution in [0.5, 0.6) is 0 Å². The largest absolute Gasteiger partial charge is 0.362 e. The van der Waals surface area contributed by atoms with Crippen molar-refractivity contribution in [3.8, 4) is 0 Å². The molecule has 0 N–H and O–H groups in total. The van der Waals surface area contributed by atoms with E-state index in [1.165, 1.54) is 16.0 Å². The van der Waals surface area contributed by atoms with E-state index in [4.69, 9.17) is 0 Å². The van der Waals surface area contributed by atoms with Gasteiger partial charge in [-0.2, -0.15) is 0 Å². The molecule has 3 aromatic rings. The minimum atomic E-state index is -0.256. The molecule has 0 fully saturated rings. The summed E-state index contributed by atoms with van der Waals surface area (Å²) >= 11 is 0. The summed E-state index contributed by atoms with van der Waals surface area (Å²) in [7, 11) is 0. The summed E-state index contributed by atoms with van der Waals surface area (Å²) in [6.45, 7) is 5.32. The number of hydrogen-bond acceptors (Lipinski definition) is 3. The molecule has 4 nitrogen and oxygen atoms in total. The molecule has 2 amide bonds. The average molecular weight is 409 g/mol. The van der Waals surface area contributed by atoms with Gasteiger partial charge in [-0.1, -0.05) is 66.2 Å². The van der Waals surface area contributed by atoms with Gasteiger partial charge in [-0.25, -0.2) is 4.90 Å². The number of fused-ring (bicyclic) bond motifs is 1. The van der Waals surface area contributed by atoms with Gasteiger partial charge in [0.1, 0.15) is 5.70 Å². The SMILES string of the molecule is Cc1ccc(C2=C(N3CCc4ccccc4C3)C(=O)N(c3cccc(C)c3)C2=O)cc1. The van der Waals surface area contributed by atoms with Crippen LogP contribution in [0, 0.1) is 13.8 Å². The van der Waals surface area contributed by atoms with Crippen LogP contribution in [-0.4, -0.2) is 23.3 Å². The van der Waals surface area contributed by atoms with Gasteiger partial charge in [0.25, 0.3) is 11.8 Å². The van der Waals surface area contributed by atoms with E-state index < -0.39 is 0 Å². The Labute approximate surface area is 182 Å². The number of anilines is 1. The van der Waals surface area contributed by atoms with Gasteiger partial charge >= 0.3 is 0 Å². The number of imide groups is 1. The number of hydrogen-bond donors (Lipinski definition) is 0. The van der Waals surface area contributed by atoms with Gasteiger partial charge in [-0.05, 0) is 54.7 Å². The van der Waals surface area contributed by atoms with Crippen LogP contribution < -0.4 is 4.90 Å². The van der Waals surface area contributed by atoms with Crippen LogP contribution in [-0.2, 0) is 22.6 Å². The van der Waals surface area contributed by atoms with Crippen molar-refractivity contribution in [2.24, 2.45) is 0 Å². The summed E-state index contributed by atoms with van der Waals surface area (Å²) in [6, 6.07) is 23.7. The second kappa shape index (κ2) is 7.55. The molecule has 0 saturated heterocycles. The van der Waals surface area contributed by atoms with Crippen molar-refractivity contribution < 1.29 is 9.59 Å². The first-order valence-corrected chi connectivity index (χ1v) is 10.6. The molecule has 2 aliphatic heterocycles. The number of nitrogens with zero attached hydrogens (tertiary/aromatic N) is 2. The number of benzene rings is 3. The first-order valence-electron chi connectivity index (χ1n) is 10.6. The predicted molar refractivity (Wildman–Crippen MR) is 122 cm³/mol. The molecule has 0 aromatic heterocycles. The Morgan fingerprint density at radius 3 is 2.23 bits per heavy atom. The minimum absolute atomic E-state index is 0.245. The third-order valence-corrected chi connectivity index (χ3v) is 6.11. The van der Waals surface area contributed by atoms with E-state index in [2.05, 4.69) is 23.1 Å². The van der Waals surface area contributed by atoms with E-state index in [9.17, 15) is 9.59 Å². The van der Waals surface area contributed by atoms with Gasteiger partial charge in [-0.15, -0.1) is 0 Å². The highest BCUT2D eigenvalue weighted by Gasteiger charge is 2.43. The zero-order chi connectivity index (χ0) is 21.5.